The van der Waals surface area contributed by atoms with Crippen molar-refractivity contribution < 1.29 is 19.7 Å². The van der Waals surface area contributed by atoms with Crippen LogP contribution in [0.4, 0.5) is 0 Å². The molecule has 132 valence electrons. The lowest BCUT2D eigenvalue weighted by Gasteiger charge is -2.11. The number of carbonyl (C=O) groups is 1. The highest BCUT2D eigenvalue weighted by Crippen LogP contribution is 2.23. The lowest BCUT2D eigenvalue weighted by Crippen LogP contribution is -2.33. The van der Waals surface area contributed by atoms with Crippen LogP contribution in [0.5, 0.6) is 5.75 Å². The lowest BCUT2D eigenvalue weighted by molar-refractivity contribution is 0.0802. The smallest absolute Gasteiger partial charge is 0.251 e. The van der Waals surface area contributed by atoms with E-state index in [1.165, 1.54) is 0 Å². The molecule has 3 N–H and O–H groups in total. The maximum absolute atomic E-state index is 12.2. The minimum absolute atomic E-state index is 0.00850. The Kier molecular flexibility index (Phi) is 7.18. The molecule has 1 amide bonds. The molecule has 0 bridgehead atoms. The van der Waals surface area contributed by atoms with E-state index in [1.807, 2.05) is 36.4 Å². The van der Waals surface area contributed by atoms with Crippen LogP contribution >= 0.6 is 15.9 Å². The van der Waals surface area contributed by atoms with Crippen molar-refractivity contribution in [2.75, 3.05) is 20.3 Å². The van der Waals surface area contributed by atoms with E-state index in [9.17, 15) is 9.90 Å². The highest BCUT2D eigenvalue weighted by molar-refractivity contribution is 9.10. The van der Waals surface area contributed by atoms with Gasteiger partial charge in [-0.1, -0.05) is 40.2 Å². The molecule has 25 heavy (non-hydrogen) atoms. The summed E-state index contributed by atoms with van der Waals surface area (Å²) in [6.45, 7) is -0.407. The molecule has 0 aliphatic carbocycles. The molecule has 0 fully saturated rings. The Morgan fingerprint density at radius 2 is 1.96 bits per heavy atom. The number of halogens is 1. The zero-order valence-electron chi connectivity index (χ0n) is 13.8. The predicted molar refractivity (Wildman–Crippen MR) is 101 cm³/mol. The summed E-state index contributed by atoms with van der Waals surface area (Å²) in [5.41, 5.74) is 2.23. The molecule has 0 aliphatic heterocycles. The fraction of sp³-hybridized carbons (Fsp3) is 0.211. The SMILES string of the molecule is COc1ccc(C(=O)NCC(O)CO)cc1/C=C/c1ccc(Br)cc1. The molecule has 0 spiro atoms. The number of methoxy groups -OCH3 is 1. The molecule has 0 heterocycles. The van der Waals surface area contributed by atoms with Crippen LogP contribution in [-0.2, 0) is 0 Å². The largest absolute Gasteiger partial charge is 0.496 e. The van der Waals surface area contributed by atoms with E-state index in [0.29, 0.717) is 11.3 Å². The normalized spacial score (nSPS) is 12.2. The van der Waals surface area contributed by atoms with Crippen molar-refractivity contribution in [1.82, 2.24) is 5.32 Å². The summed E-state index contributed by atoms with van der Waals surface area (Å²) in [6.07, 6.45) is 2.84. The fourth-order valence-electron chi connectivity index (χ4n) is 2.14. The molecule has 0 aromatic heterocycles. The van der Waals surface area contributed by atoms with Crippen LogP contribution in [0.3, 0.4) is 0 Å². The number of rotatable bonds is 7. The molecule has 2 rings (SSSR count). The van der Waals surface area contributed by atoms with E-state index in [1.54, 1.807) is 25.3 Å². The third-order valence-electron chi connectivity index (χ3n) is 3.53. The molecule has 0 aliphatic rings. The van der Waals surface area contributed by atoms with Gasteiger partial charge in [0.25, 0.3) is 5.91 Å². The van der Waals surface area contributed by atoms with Gasteiger partial charge in [-0.3, -0.25) is 4.79 Å². The summed E-state index contributed by atoms with van der Waals surface area (Å²) in [4.78, 5) is 12.2. The van der Waals surface area contributed by atoms with Crippen molar-refractivity contribution in [3.8, 4) is 5.75 Å². The van der Waals surface area contributed by atoms with Gasteiger partial charge in [-0.15, -0.1) is 0 Å². The molecule has 1 unspecified atom stereocenters. The van der Waals surface area contributed by atoms with Gasteiger partial charge >= 0.3 is 0 Å². The van der Waals surface area contributed by atoms with Crippen LogP contribution in [0.1, 0.15) is 21.5 Å². The Hall–Kier alpha value is -2.15. The quantitative estimate of drug-likeness (QED) is 0.618. The lowest BCUT2D eigenvalue weighted by atomic mass is 10.1. The molecule has 6 heteroatoms. The van der Waals surface area contributed by atoms with Crippen LogP contribution in [0, 0.1) is 0 Å². The summed E-state index contributed by atoms with van der Waals surface area (Å²) in [5.74, 6) is 0.328. The first-order valence-corrected chi connectivity index (χ1v) is 8.51. The minimum Gasteiger partial charge on any atom is -0.496 e. The van der Waals surface area contributed by atoms with Gasteiger partial charge in [0.1, 0.15) is 5.75 Å². The van der Waals surface area contributed by atoms with Crippen molar-refractivity contribution in [1.29, 1.82) is 0 Å². The average Bonchev–Trinajstić information content (AvgIpc) is 2.65. The van der Waals surface area contributed by atoms with Crippen molar-refractivity contribution in [3.63, 3.8) is 0 Å². The molecule has 2 aromatic carbocycles. The third-order valence-corrected chi connectivity index (χ3v) is 4.05. The molecule has 0 saturated carbocycles. The Bertz CT molecular complexity index is 744. The van der Waals surface area contributed by atoms with E-state index >= 15 is 0 Å². The first-order chi connectivity index (χ1) is 12.0. The first kappa shape index (κ1) is 19.2. The number of amides is 1. The molecule has 1 atom stereocenters. The topological polar surface area (TPSA) is 78.8 Å². The van der Waals surface area contributed by atoms with E-state index in [4.69, 9.17) is 9.84 Å². The number of nitrogens with one attached hydrogen (secondary N) is 1. The van der Waals surface area contributed by atoms with Crippen molar-refractivity contribution in [2.45, 2.75) is 6.10 Å². The van der Waals surface area contributed by atoms with Crippen LogP contribution in [0.2, 0.25) is 0 Å². The highest BCUT2D eigenvalue weighted by atomic mass is 79.9. The van der Waals surface area contributed by atoms with Crippen LogP contribution in [0.15, 0.2) is 46.9 Å². The summed E-state index contributed by atoms with van der Waals surface area (Å²) >= 11 is 3.40. The molecular weight excluding hydrogens is 386 g/mol. The highest BCUT2D eigenvalue weighted by Gasteiger charge is 2.10. The zero-order chi connectivity index (χ0) is 18.2. The van der Waals surface area contributed by atoms with Gasteiger partial charge in [0.15, 0.2) is 0 Å². The first-order valence-electron chi connectivity index (χ1n) is 7.72. The van der Waals surface area contributed by atoms with Gasteiger partial charge in [0, 0.05) is 22.1 Å². The standard InChI is InChI=1S/C19H20BrNO4/c1-25-18-9-6-15(19(24)21-11-17(23)12-22)10-14(18)5-2-13-3-7-16(20)8-4-13/h2-10,17,22-23H,11-12H2,1H3,(H,21,24)/b5-2+. The molecule has 5 nitrogen and oxygen atoms in total. The van der Waals surface area contributed by atoms with Crippen molar-refractivity contribution >= 4 is 34.0 Å². The number of benzene rings is 2. The van der Waals surface area contributed by atoms with Gasteiger partial charge in [0.2, 0.25) is 0 Å². The summed E-state index contributed by atoms with van der Waals surface area (Å²) < 4.78 is 6.35. The van der Waals surface area contributed by atoms with Gasteiger partial charge < -0.3 is 20.3 Å². The van der Waals surface area contributed by atoms with Gasteiger partial charge in [-0.2, -0.15) is 0 Å². The van der Waals surface area contributed by atoms with E-state index in [0.717, 1.165) is 15.6 Å². The zero-order valence-corrected chi connectivity index (χ0v) is 15.4. The average molecular weight is 406 g/mol. The number of hydrogen-bond donors (Lipinski definition) is 3. The van der Waals surface area contributed by atoms with Gasteiger partial charge in [-0.05, 0) is 35.9 Å². The van der Waals surface area contributed by atoms with E-state index in [-0.39, 0.29) is 12.5 Å². The Labute approximate surface area is 155 Å². The van der Waals surface area contributed by atoms with E-state index < -0.39 is 12.7 Å². The number of hydrogen-bond acceptors (Lipinski definition) is 4. The van der Waals surface area contributed by atoms with Crippen molar-refractivity contribution in [3.05, 3.63) is 63.6 Å². The number of aliphatic hydroxyl groups excluding tert-OH is 2. The number of ether oxygens (including phenoxy) is 1. The van der Waals surface area contributed by atoms with Gasteiger partial charge in [-0.25, -0.2) is 0 Å². The number of aliphatic hydroxyl groups is 2. The molecule has 0 radical (unpaired) electrons. The van der Waals surface area contributed by atoms with Crippen LogP contribution in [0.25, 0.3) is 12.2 Å². The maximum Gasteiger partial charge on any atom is 0.251 e. The van der Waals surface area contributed by atoms with Gasteiger partial charge in [0.05, 0.1) is 19.8 Å². The van der Waals surface area contributed by atoms with Crippen LogP contribution < -0.4 is 10.1 Å². The Morgan fingerprint density at radius 3 is 2.60 bits per heavy atom. The summed E-state index contributed by atoms with van der Waals surface area (Å²) in [6, 6.07) is 12.9. The summed E-state index contributed by atoms with van der Waals surface area (Å²) in [5, 5.41) is 20.7. The maximum atomic E-state index is 12.2. The van der Waals surface area contributed by atoms with E-state index in [2.05, 4.69) is 21.2 Å². The Morgan fingerprint density at radius 1 is 1.24 bits per heavy atom. The molecule has 2 aromatic rings. The molecular formula is C19H20BrNO4. The van der Waals surface area contributed by atoms with Crippen molar-refractivity contribution in [2.24, 2.45) is 0 Å². The second-order valence-corrected chi connectivity index (χ2v) is 6.30. The fourth-order valence-corrected chi connectivity index (χ4v) is 2.41. The number of carbonyl (C=O) groups excluding carboxylic acids is 1. The monoisotopic (exact) mass is 405 g/mol. The third kappa shape index (κ3) is 5.70. The van der Waals surface area contributed by atoms with Crippen LogP contribution in [-0.4, -0.2) is 42.5 Å². The predicted octanol–water partition coefficient (Wildman–Crippen LogP) is 2.71. The molecule has 0 saturated heterocycles. The summed E-state index contributed by atoms with van der Waals surface area (Å²) in [7, 11) is 1.57. The minimum atomic E-state index is -0.973. The second kappa shape index (κ2) is 9.36. The Balaban J connectivity index is 2.18. The second-order valence-electron chi connectivity index (χ2n) is 5.39.